The Morgan fingerprint density at radius 1 is 1.04 bits per heavy atom. The first-order valence-corrected chi connectivity index (χ1v) is 8.45. The van der Waals surface area contributed by atoms with Crippen molar-refractivity contribution in [2.45, 2.75) is 44.8 Å². The van der Waals surface area contributed by atoms with Gasteiger partial charge in [0.15, 0.2) is 5.79 Å². The summed E-state index contributed by atoms with van der Waals surface area (Å²) in [5.74, 6) is 0.254. The second-order valence-electron chi connectivity index (χ2n) is 5.85. The first-order valence-electron chi connectivity index (χ1n) is 8.45. The number of ether oxygens (including phenoxy) is 3. The Hall–Kier alpha value is -1.58. The first kappa shape index (κ1) is 17.8. The zero-order chi connectivity index (χ0) is 16.5. The molecule has 0 saturated carbocycles. The zero-order valence-corrected chi connectivity index (χ0v) is 14.5. The number of para-hydroxylation sites is 1. The summed E-state index contributed by atoms with van der Waals surface area (Å²) in [7, 11) is 3.35. The molecule has 3 heteroatoms. The minimum Gasteiger partial charge on any atom is -0.493 e. The van der Waals surface area contributed by atoms with Gasteiger partial charge in [-0.1, -0.05) is 56.5 Å². The van der Waals surface area contributed by atoms with Gasteiger partial charge in [0.2, 0.25) is 0 Å². The third-order valence-corrected chi connectivity index (χ3v) is 4.26. The number of hydrogen-bond donors (Lipinski definition) is 0. The molecular weight excluding hydrogens is 288 g/mol. The lowest BCUT2D eigenvalue weighted by Crippen LogP contribution is -2.32. The van der Waals surface area contributed by atoms with Gasteiger partial charge in [-0.25, -0.2) is 0 Å². The van der Waals surface area contributed by atoms with Crippen LogP contribution in [0.15, 0.2) is 42.5 Å². The summed E-state index contributed by atoms with van der Waals surface area (Å²) >= 11 is 0. The number of unbranched alkanes of at least 4 members (excludes halogenated alkanes) is 3. The summed E-state index contributed by atoms with van der Waals surface area (Å²) in [6.45, 7) is 2.98. The van der Waals surface area contributed by atoms with Gasteiger partial charge in [-0.05, 0) is 24.1 Å². The molecule has 0 N–H and O–H groups in total. The van der Waals surface area contributed by atoms with Crippen LogP contribution in [0.1, 0.15) is 44.6 Å². The Morgan fingerprint density at radius 3 is 2.57 bits per heavy atom. The molecule has 0 aliphatic heterocycles. The molecule has 0 saturated heterocycles. The van der Waals surface area contributed by atoms with Crippen LogP contribution >= 0.6 is 0 Å². The van der Waals surface area contributed by atoms with E-state index in [4.69, 9.17) is 14.2 Å². The predicted octanol–water partition coefficient (Wildman–Crippen LogP) is 4.98. The highest BCUT2D eigenvalue weighted by Gasteiger charge is 2.30. The van der Waals surface area contributed by atoms with Crippen molar-refractivity contribution >= 4 is 5.57 Å². The van der Waals surface area contributed by atoms with Gasteiger partial charge in [0.25, 0.3) is 0 Å². The molecular formula is C20H28O3. The lowest BCUT2D eigenvalue weighted by Gasteiger charge is -2.31. The molecule has 0 bridgehead atoms. The van der Waals surface area contributed by atoms with Crippen molar-refractivity contribution in [2.24, 2.45) is 0 Å². The SMILES string of the molecule is CCCCCCOc1ccccc1C1=CC=CC(OC)(OC)C1. The highest BCUT2D eigenvalue weighted by molar-refractivity contribution is 5.73. The molecule has 3 nitrogen and oxygen atoms in total. The van der Waals surface area contributed by atoms with E-state index < -0.39 is 5.79 Å². The van der Waals surface area contributed by atoms with E-state index in [2.05, 4.69) is 19.1 Å². The van der Waals surface area contributed by atoms with Crippen LogP contribution in [-0.2, 0) is 9.47 Å². The summed E-state index contributed by atoms with van der Waals surface area (Å²) in [6.07, 6.45) is 11.6. The summed E-state index contributed by atoms with van der Waals surface area (Å²) < 4.78 is 17.1. The van der Waals surface area contributed by atoms with Gasteiger partial charge < -0.3 is 14.2 Å². The third-order valence-electron chi connectivity index (χ3n) is 4.26. The molecule has 0 fully saturated rings. The molecule has 1 aromatic rings. The van der Waals surface area contributed by atoms with Crippen LogP contribution in [-0.4, -0.2) is 26.6 Å². The van der Waals surface area contributed by atoms with E-state index in [9.17, 15) is 0 Å². The molecule has 0 spiro atoms. The highest BCUT2D eigenvalue weighted by atomic mass is 16.7. The second kappa shape index (κ2) is 8.90. The smallest absolute Gasteiger partial charge is 0.191 e. The second-order valence-corrected chi connectivity index (χ2v) is 5.85. The summed E-state index contributed by atoms with van der Waals surface area (Å²) in [5, 5.41) is 0. The normalized spacial score (nSPS) is 16.2. The molecule has 126 valence electrons. The van der Waals surface area contributed by atoms with E-state index in [1.165, 1.54) is 24.8 Å². The highest BCUT2D eigenvalue weighted by Crippen LogP contribution is 2.36. The topological polar surface area (TPSA) is 27.7 Å². The lowest BCUT2D eigenvalue weighted by atomic mass is 9.93. The quantitative estimate of drug-likeness (QED) is 0.475. The van der Waals surface area contributed by atoms with E-state index in [-0.39, 0.29) is 0 Å². The monoisotopic (exact) mass is 316 g/mol. The van der Waals surface area contributed by atoms with Gasteiger partial charge in [0, 0.05) is 26.2 Å². The first-order chi connectivity index (χ1) is 11.2. The Balaban J connectivity index is 2.08. The van der Waals surface area contributed by atoms with Crippen molar-refractivity contribution in [3.05, 3.63) is 48.1 Å². The van der Waals surface area contributed by atoms with Crippen LogP contribution in [0.4, 0.5) is 0 Å². The number of rotatable bonds is 9. The Bertz CT molecular complexity index is 542. The lowest BCUT2D eigenvalue weighted by molar-refractivity contribution is -0.166. The van der Waals surface area contributed by atoms with Crippen LogP contribution in [0, 0.1) is 0 Å². The molecule has 0 heterocycles. The molecule has 23 heavy (non-hydrogen) atoms. The van der Waals surface area contributed by atoms with E-state index in [1.807, 2.05) is 30.4 Å². The van der Waals surface area contributed by atoms with Crippen LogP contribution in [0.2, 0.25) is 0 Å². The minimum atomic E-state index is -0.682. The van der Waals surface area contributed by atoms with Crippen molar-refractivity contribution in [3.63, 3.8) is 0 Å². The molecule has 1 aliphatic carbocycles. The van der Waals surface area contributed by atoms with E-state index in [0.29, 0.717) is 6.42 Å². The van der Waals surface area contributed by atoms with Crippen LogP contribution in [0.5, 0.6) is 5.75 Å². The number of allylic oxidation sites excluding steroid dienone is 2. The van der Waals surface area contributed by atoms with Crippen LogP contribution in [0.25, 0.3) is 5.57 Å². The van der Waals surface area contributed by atoms with Crippen molar-refractivity contribution in [1.29, 1.82) is 0 Å². The summed E-state index contributed by atoms with van der Waals surface area (Å²) in [6, 6.07) is 8.20. The fraction of sp³-hybridized carbons (Fsp3) is 0.500. The summed E-state index contributed by atoms with van der Waals surface area (Å²) in [4.78, 5) is 0. The van der Waals surface area contributed by atoms with E-state index in [1.54, 1.807) is 14.2 Å². The molecule has 1 aromatic carbocycles. The number of hydrogen-bond acceptors (Lipinski definition) is 3. The molecule has 0 unspecified atom stereocenters. The average Bonchev–Trinajstić information content (AvgIpc) is 2.62. The van der Waals surface area contributed by atoms with Gasteiger partial charge in [0.05, 0.1) is 6.61 Å². The Kier molecular flexibility index (Phi) is 6.87. The maximum atomic E-state index is 6.03. The van der Waals surface area contributed by atoms with Gasteiger partial charge >= 0.3 is 0 Å². The van der Waals surface area contributed by atoms with Crippen molar-refractivity contribution in [3.8, 4) is 5.75 Å². The fourth-order valence-electron chi connectivity index (χ4n) is 2.81. The molecule has 0 radical (unpaired) electrons. The third kappa shape index (κ3) is 4.69. The molecule has 2 rings (SSSR count). The van der Waals surface area contributed by atoms with E-state index in [0.717, 1.165) is 24.3 Å². The van der Waals surface area contributed by atoms with Crippen LogP contribution < -0.4 is 4.74 Å². The largest absolute Gasteiger partial charge is 0.493 e. The molecule has 0 atom stereocenters. The zero-order valence-electron chi connectivity index (χ0n) is 14.5. The van der Waals surface area contributed by atoms with E-state index >= 15 is 0 Å². The standard InChI is InChI=1S/C20H28O3/c1-4-5-6-9-15-23-19-13-8-7-12-18(19)17-11-10-14-20(16-17,21-2)22-3/h7-8,10-14H,4-6,9,15-16H2,1-3H3. The van der Waals surface area contributed by atoms with Gasteiger partial charge in [0.1, 0.15) is 5.75 Å². The molecule has 0 aromatic heterocycles. The van der Waals surface area contributed by atoms with Crippen molar-refractivity contribution < 1.29 is 14.2 Å². The number of benzene rings is 1. The van der Waals surface area contributed by atoms with Gasteiger partial charge in [-0.2, -0.15) is 0 Å². The van der Waals surface area contributed by atoms with Crippen molar-refractivity contribution in [1.82, 2.24) is 0 Å². The Labute approximate surface area is 139 Å². The maximum absolute atomic E-state index is 6.03. The molecule has 1 aliphatic rings. The maximum Gasteiger partial charge on any atom is 0.191 e. The van der Waals surface area contributed by atoms with Gasteiger partial charge in [-0.3, -0.25) is 0 Å². The average molecular weight is 316 g/mol. The van der Waals surface area contributed by atoms with Crippen LogP contribution in [0.3, 0.4) is 0 Å². The van der Waals surface area contributed by atoms with Crippen molar-refractivity contribution in [2.75, 3.05) is 20.8 Å². The minimum absolute atomic E-state index is 0.673. The number of methoxy groups -OCH3 is 2. The summed E-state index contributed by atoms with van der Waals surface area (Å²) in [5.41, 5.74) is 2.28. The Morgan fingerprint density at radius 2 is 1.83 bits per heavy atom. The van der Waals surface area contributed by atoms with Gasteiger partial charge in [-0.15, -0.1) is 0 Å². The molecule has 0 amide bonds. The predicted molar refractivity (Wildman–Crippen MR) is 94.6 cm³/mol. The fourth-order valence-corrected chi connectivity index (χ4v) is 2.81.